The van der Waals surface area contributed by atoms with Crippen molar-refractivity contribution in [2.24, 2.45) is 0 Å². The predicted octanol–water partition coefficient (Wildman–Crippen LogP) is 11.8. The van der Waals surface area contributed by atoms with Crippen LogP contribution in [0.3, 0.4) is 0 Å². The molecule has 49 heavy (non-hydrogen) atoms. The second kappa shape index (κ2) is 12.2. The van der Waals surface area contributed by atoms with Gasteiger partial charge in [-0.25, -0.2) is 15.0 Å². The smallest absolute Gasteiger partial charge is 0.164 e. The third-order valence-electron chi connectivity index (χ3n) is 8.68. The molecular formula is C45H29N3O. The summed E-state index contributed by atoms with van der Waals surface area (Å²) in [5.74, 6) is 0.549. The van der Waals surface area contributed by atoms with Crippen LogP contribution in [0.1, 0.15) is 6.85 Å². The van der Waals surface area contributed by atoms with Gasteiger partial charge in [0.15, 0.2) is 17.5 Å². The highest BCUT2D eigenvalue weighted by molar-refractivity contribution is 6.15. The molecular weight excluding hydrogens is 599 g/mol. The molecule has 0 N–H and O–H groups in total. The van der Waals surface area contributed by atoms with Crippen molar-refractivity contribution < 1.29 is 11.3 Å². The van der Waals surface area contributed by atoms with E-state index in [1.807, 2.05) is 109 Å². The molecule has 9 aromatic rings. The maximum Gasteiger partial charge on any atom is 0.164 e. The van der Waals surface area contributed by atoms with Gasteiger partial charge in [-0.05, 0) is 33.9 Å². The van der Waals surface area contributed by atoms with Gasteiger partial charge in [0.1, 0.15) is 11.2 Å². The van der Waals surface area contributed by atoms with E-state index in [4.69, 9.17) is 26.2 Å². The Morgan fingerprint density at radius 1 is 0.388 bits per heavy atom. The number of benzene rings is 7. The fourth-order valence-electron chi connectivity index (χ4n) is 6.28. The molecule has 4 nitrogen and oxygen atoms in total. The third kappa shape index (κ3) is 5.35. The Labute approximate surface area is 291 Å². The van der Waals surface area contributed by atoms with Crippen molar-refractivity contribution in [1.82, 2.24) is 15.0 Å². The Balaban J connectivity index is 1.23. The highest BCUT2D eigenvalue weighted by Crippen LogP contribution is 2.40. The van der Waals surface area contributed by atoms with Crippen molar-refractivity contribution >= 4 is 21.9 Å². The van der Waals surface area contributed by atoms with E-state index >= 15 is 0 Å². The van der Waals surface area contributed by atoms with Gasteiger partial charge < -0.3 is 4.42 Å². The molecule has 230 valence electrons. The standard InChI is InChI=1S/C45H29N3O/c1-4-12-30(13-5-1)32-22-26-34(27-23-32)37-18-10-19-38-41-39(20-11-21-40(41)49-42(37)38)45-47-43(35-16-8-3-9-17-35)46-44(48-45)36-28-24-33(25-29-36)31-14-6-2-7-15-31/h1-29H/i3D,8D,9D,16D,17D. The van der Waals surface area contributed by atoms with Crippen LogP contribution < -0.4 is 0 Å². The van der Waals surface area contributed by atoms with Crippen LogP contribution in [0.25, 0.3) is 89.5 Å². The molecule has 0 bridgehead atoms. The maximum atomic E-state index is 8.74. The molecule has 4 heteroatoms. The van der Waals surface area contributed by atoms with Gasteiger partial charge in [0.05, 0.1) is 6.85 Å². The molecule has 0 aliphatic carbocycles. The molecule has 0 radical (unpaired) electrons. The van der Waals surface area contributed by atoms with Gasteiger partial charge >= 0.3 is 0 Å². The Bertz CT molecular complexity index is 2830. The molecule has 0 aliphatic heterocycles. The molecule has 2 aromatic heterocycles. The fraction of sp³-hybridized carbons (Fsp3) is 0. The van der Waals surface area contributed by atoms with Crippen LogP contribution in [0.5, 0.6) is 0 Å². The summed E-state index contributed by atoms with van der Waals surface area (Å²) < 4.78 is 48.9. The van der Waals surface area contributed by atoms with E-state index in [9.17, 15) is 0 Å². The molecule has 0 atom stereocenters. The zero-order valence-electron chi connectivity index (χ0n) is 31.1. The summed E-state index contributed by atoms with van der Waals surface area (Å²) in [7, 11) is 0. The normalized spacial score (nSPS) is 12.7. The molecule has 0 saturated heterocycles. The van der Waals surface area contributed by atoms with E-state index in [2.05, 4.69) is 36.4 Å². The van der Waals surface area contributed by atoms with Crippen molar-refractivity contribution in [2.45, 2.75) is 0 Å². The lowest BCUT2D eigenvalue weighted by molar-refractivity contribution is 0.670. The average molecular weight is 633 g/mol. The quantitative estimate of drug-likeness (QED) is 0.183. The summed E-state index contributed by atoms with van der Waals surface area (Å²) in [6, 6.07) is 46.0. The Hall–Kier alpha value is -6.65. The lowest BCUT2D eigenvalue weighted by atomic mass is 9.98. The monoisotopic (exact) mass is 632 g/mol. The van der Waals surface area contributed by atoms with E-state index in [1.165, 1.54) is 0 Å². The van der Waals surface area contributed by atoms with E-state index in [1.54, 1.807) is 0 Å². The number of nitrogens with zero attached hydrogens (tertiary/aromatic N) is 3. The van der Waals surface area contributed by atoms with E-state index in [0.717, 1.165) is 44.2 Å². The zero-order valence-corrected chi connectivity index (χ0v) is 26.1. The molecule has 0 saturated carbocycles. The minimum Gasteiger partial charge on any atom is -0.455 e. The highest BCUT2D eigenvalue weighted by atomic mass is 16.3. The molecule has 2 heterocycles. The molecule has 0 fully saturated rings. The van der Waals surface area contributed by atoms with Crippen LogP contribution >= 0.6 is 0 Å². The van der Waals surface area contributed by atoms with Crippen molar-refractivity contribution in [3.8, 4) is 67.5 Å². The van der Waals surface area contributed by atoms with E-state index in [0.29, 0.717) is 28.1 Å². The van der Waals surface area contributed by atoms with Gasteiger partial charge in [0.25, 0.3) is 0 Å². The Morgan fingerprint density at radius 2 is 0.898 bits per heavy atom. The number of fused-ring (bicyclic) bond motifs is 3. The molecule has 0 unspecified atom stereocenters. The first-order chi connectivity index (χ1) is 26.4. The Kier molecular flexibility index (Phi) is 5.87. The minimum absolute atomic E-state index is 0.0249. The molecule has 7 aromatic carbocycles. The van der Waals surface area contributed by atoms with Crippen LogP contribution in [0, 0.1) is 0 Å². The van der Waals surface area contributed by atoms with Gasteiger partial charge in [0, 0.05) is 33.0 Å². The van der Waals surface area contributed by atoms with Gasteiger partial charge in [-0.2, -0.15) is 0 Å². The summed E-state index contributed by atoms with van der Waals surface area (Å²) in [5, 5.41) is 1.66. The first-order valence-electron chi connectivity index (χ1n) is 18.5. The topological polar surface area (TPSA) is 51.8 Å². The van der Waals surface area contributed by atoms with Gasteiger partial charge in [0.2, 0.25) is 0 Å². The number of hydrogen-bond acceptors (Lipinski definition) is 4. The van der Waals surface area contributed by atoms with Crippen LogP contribution in [0.2, 0.25) is 0 Å². The second-order valence-electron chi connectivity index (χ2n) is 11.7. The molecule has 0 spiro atoms. The molecule has 0 amide bonds. The fourth-order valence-corrected chi connectivity index (χ4v) is 6.28. The number of rotatable bonds is 6. The van der Waals surface area contributed by atoms with Crippen molar-refractivity contribution in [1.29, 1.82) is 0 Å². The van der Waals surface area contributed by atoms with Crippen molar-refractivity contribution in [3.05, 3.63) is 176 Å². The van der Waals surface area contributed by atoms with Crippen LogP contribution in [0.4, 0.5) is 0 Å². The van der Waals surface area contributed by atoms with Gasteiger partial charge in [-0.1, -0.05) is 170 Å². The van der Waals surface area contributed by atoms with Crippen molar-refractivity contribution in [3.63, 3.8) is 0 Å². The average Bonchev–Trinajstić information content (AvgIpc) is 3.62. The van der Waals surface area contributed by atoms with Crippen LogP contribution in [-0.2, 0) is 0 Å². The van der Waals surface area contributed by atoms with Crippen molar-refractivity contribution in [2.75, 3.05) is 0 Å². The number of hydrogen-bond donors (Lipinski definition) is 0. The van der Waals surface area contributed by atoms with Crippen LogP contribution in [-0.4, -0.2) is 15.0 Å². The summed E-state index contributed by atoms with van der Waals surface area (Å²) in [5.41, 5.74) is 8.85. The highest BCUT2D eigenvalue weighted by Gasteiger charge is 2.19. The minimum atomic E-state index is -0.486. The summed E-state index contributed by atoms with van der Waals surface area (Å²) >= 11 is 0. The SMILES string of the molecule is [2H]c1c([2H])c([2H])c(-c2nc(-c3ccc(-c4ccccc4)cc3)nc(-c3cccc4oc5c(-c6ccc(-c7ccccc7)cc6)cccc5c34)n2)c([2H])c1[2H]. The number of aromatic nitrogens is 3. The number of furan rings is 1. The number of para-hydroxylation sites is 1. The maximum absolute atomic E-state index is 8.74. The van der Waals surface area contributed by atoms with Crippen LogP contribution in [0.15, 0.2) is 180 Å². The van der Waals surface area contributed by atoms with E-state index in [-0.39, 0.29) is 17.2 Å². The lowest BCUT2D eigenvalue weighted by Crippen LogP contribution is -2.00. The van der Waals surface area contributed by atoms with E-state index < -0.39 is 30.2 Å². The lowest BCUT2D eigenvalue weighted by Gasteiger charge is -2.10. The summed E-state index contributed by atoms with van der Waals surface area (Å²) in [6.07, 6.45) is 0. The third-order valence-corrected chi connectivity index (χ3v) is 8.68. The largest absolute Gasteiger partial charge is 0.455 e. The summed E-state index contributed by atoms with van der Waals surface area (Å²) in [4.78, 5) is 14.5. The summed E-state index contributed by atoms with van der Waals surface area (Å²) in [6.45, 7) is 0. The Morgan fingerprint density at radius 3 is 1.55 bits per heavy atom. The first kappa shape index (κ1) is 23.6. The predicted molar refractivity (Wildman–Crippen MR) is 200 cm³/mol. The zero-order chi connectivity index (χ0) is 36.9. The van der Waals surface area contributed by atoms with Gasteiger partial charge in [-0.3, -0.25) is 0 Å². The molecule has 9 rings (SSSR count). The molecule has 0 aliphatic rings. The first-order valence-corrected chi connectivity index (χ1v) is 16.0. The van der Waals surface area contributed by atoms with Gasteiger partial charge in [-0.15, -0.1) is 0 Å². The second-order valence-corrected chi connectivity index (χ2v) is 11.7.